The van der Waals surface area contributed by atoms with E-state index in [0.717, 1.165) is 12.8 Å². The normalized spacial score (nSPS) is 18.1. The Hall–Kier alpha value is -1.44. The number of piperidine rings is 1. The van der Waals surface area contributed by atoms with E-state index in [2.05, 4.69) is 0 Å². The molecule has 0 saturated carbocycles. The summed E-state index contributed by atoms with van der Waals surface area (Å²) in [6, 6.07) is 0.105. The highest BCUT2D eigenvalue weighted by molar-refractivity contribution is 5.77. The number of carbonyl (C=O) groups excluding carboxylic acids is 2. The predicted molar refractivity (Wildman–Crippen MR) is 93.3 cm³/mol. The molecule has 1 saturated heterocycles. The summed E-state index contributed by atoms with van der Waals surface area (Å²) in [5.41, 5.74) is 0. The van der Waals surface area contributed by atoms with Crippen molar-refractivity contribution in [3.05, 3.63) is 12.2 Å². The van der Waals surface area contributed by atoms with Crippen LogP contribution in [0.3, 0.4) is 0 Å². The minimum Gasteiger partial charge on any atom is -0.464 e. The number of nitrogens with zero attached hydrogens (tertiary/aromatic N) is 1. The standard InChI is InChI=1S/C18H31NO6/c1-3-22-12-13-24-14-16-8-7-9-17(20)19(16)10-5-6-11-23-15-18(21)25-4-2/h5-6,16H,3-4,7-15H2,1-2H3/b6-5-/t16-/m1/s1. The molecule has 1 atom stereocenters. The number of rotatable bonds is 13. The first-order valence-corrected chi connectivity index (χ1v) is 9.02. The fourth-order valence-electron chi connectivity index (χ4n) is 2.57. The molecule has 0 aromatic rings. The third-order valence-electron chi connectivity index (χ3n) is 3.78. The molecule has 1 amide bonds. The topological polar surface area (TPSA) is 74.3 Å². The third kappa shape index (κ3) is 9.57. The van der Waals surface area contributed by atoms with Gasteiger partial charge in [0.05, 0.1) is 39.1 Å². The Bertz CT molecular complexity index is 412. The molecule has 7 heteroatoms. The maximum absolute atomic E-state index is 12.1. The lowest BCUT2D eigenvalue weighted by Gasteiger charge is -2.34. The average molecular weight is 357 g/mol. The van der Waals surface area contributed by atoms with Gasteiger partial charge >= 0.3 is 5.97 Å². The van der Waals surface area contributed by atoms with Gasteiger partial charge in [0.1, 0.15) is 6.61 Å². The van der Waals surface area contributed by atoms with Gasteiger partial charge in [-0.2, -0.15) is 0 Å². The Labute approximate surface area is 150 Å². The summed E-state index contributed by atoms with van der Waals surface area (Å²) < 4.78 is 20.8. The quantitative estimate of drug-likeness (QED) is 0.283. The van der Waals surface area contributed by atoms with Crippen molar-refractivity contribution in [2.75, 3.05) is 52.8 Å². The monoisotopic (exact) mass is 357 g/mol. The summed E-state index contributed by atoms with van der Waals surface area (Å²) in [6.45, 7) is 7.18. The van der Waals surface area contributed by atoms with Gasteiger partial charge in [-0.1, -0.05) is 12.2 Å². The van der Waals surface area contributed by atoms with Gasteiger partial charge in [-0.3, -0.25) is 4.79 Å². The molecule has 1 heterocycles. The molecule has 1 rings (SSSR count). The van der Waals surface area contributed by atoms with Crippen LogP contribution >= 0.6 is 0 Å². The lowest BCUT2D eigenvalue weighted by Crippen LogP contribution is -2.46. The van der Waals surface area contributed by atoms with E-state index in [1.165, 1.54) is 0 Å². The molecule has 0 spiro atoms. The van der Waals surface area contributed by atoms with Crippen LogP contribution in [0.2, 0.25) is 0 Å². The van der Waals surface area contributed by atoms with Crippen molar-refractivity contribution in [2.45, 2.75) is 39.2 Å². The maximum atomic E-state index is 12.1. The lowest BCUT2D eigenvalue weighted by atomic mass is 10.0. The molecule has 0 aliphatic carbocycles. The third-order valence-corrected chi connectivity index (χ3v) is 3.78. The van der Waals surface area contributed by atoms with E-state index in [0.29, 0.717) is 52.6 Å². The summed E-state index contributed by atoms with van der Waals surface area (Å²) in [5.74, 6) is -0.215. The van der Waals surface area contributed by atoms with Gasteiger partial charge in [-0.25, -0.2) is 4.79 Å². The fourth-order valence-corrected chi connectivity index (χ4v) is 2.57. The minimum atomic E-state index is -0.369. The second kappa shape index (κ2) is 13.8. The van der Waals surface area contributed by atoms with Crippen LogP contribution < -0.4 is 0 Å². The van der Waals surface area contributed by atoms with Gasteiger partial charge < -0.3 is 23.8 Å². The Morgan fingerprint density at radius 3 is 2.72 bits per heavy atom. The number of carbonyl (C=O) groups is 2. The van der Waals surface area contributed by atoms with Crippen molar-refractivity contribution in [1.82, 2.24) is 4.90 Å². The largest absolute Gasteiger partial charge is 0.464 e. The van der Waals surface area contributed by atoms with Crippen LogP contribution in [0.1, 0.15) is 33.1 Å². The number of amides is 1. The van der Waals surface area contributed by atoms with Crippen molar-refractivity contribution in [3.8, 4) is 0 Å². The van der Waals surface area contributed by atoms with Crippen LogP contribution in [0, 0.1) is 0 Å². The second-order valence-electron chi connectivity index (χ2n) is 5.66. The number of esters is 1. The minimum absolute atomic E-state index is 0.0584. The van der Waals surface area contributed by atoms with Crippen LogP contribution in [0.25, 0.3) is 0 Å². The number of likely N-dealkylation sites (tertiary alicyclic amines) is 1. The average Bonchev–Trinajstić information content (AvgIpc) is 2.59. The number of hydrogen-bond acceptors (Lipinski definition) is 6. The molecule has 25 heavy (non-hydrogen) atoms. The first kappa shape index (κ1) is 21.6. The van der Waals surface area contributed by atoms with E-state index in [4.69, 9.17) is 18.9 Å². The fraction of sp³-hybridized carbons (Fsp3) is 0.778. The highest BCUT2D eigenvalue weighted by Gasteiger charge is 2.27. The van der Waals surface area contributed by atoms with Crippen LogP contribution in [0.5, 0.6) is 0 Å². The summed E-state index contributed by atoms with van der Waals surface area (Å²) >= 11 is 0. The zero-order valence-corrected chi connectivity index (χ0v) is 15.4. The lowest BCUT2D eigenvalue weighted by molar-refractivity contribution is -0.148. The van der Waals surface area contributed by atoms with Crippen LogP contribution in [-0.4, -0.2) is 75.6 Å². The smallest absolute Gasteiger partial charge is 0.332 e. The number of ether oxygens (including phenoxy) is 4. The van der Waals surface area contributed by atoms with Crippen molar-refractivity contribution < 1.29 is 28.5 Å². The van der Waals surface area contributed by atoms with Crippen LogP contribution in [0.4, 0.5) is 0 Å². The summed E-state index contributed by atoms with van der Waals surface area (Å²) in [4.78, 5) is 25.1. The molecule has 0 aromatic carbocycles. The molecule has 1 aliphatic heterocycles. The Kier molecular flexibility index (Phi) is 11.9. The first-order valence-electron chi connectivity index (χ1n) is 9.02. The zero-order chi connectivity index (χ0) is 18.3. The summed E-state index contributed by atoms with van der Waals surface area (Å²) in [5, 5.41) is 0. The predicted octanol–water partition coefficient (Wildman–Crippen LogP) is 1.56. The highest BCUT2D eigenvalue weighted by Crippen LogP contribution is 2.18. The van der Waals surface area contributed by atoms with E-state index < -0.39 is 0 Å². The van der Waals surface area contributed by atoms with Gasteiger partial charge in [0.2, 0.25) is 5.91 Å². The Morgan fingerprint density at radius 1 is 1.16 bits per heavy atom. The van der Waals surface area contributed by atoms with E-state index in [9.17, 15) is 9.59 Å². The van der Waals surface area contributed by atoms with Crippen molar-refractivity contribution in [3.63, 3.8) is 0 Å². The van der Waals surface area contributed by atoms with Gasteiger partial charge in [0.15, 0.2) is 0 Å². The second-order valence-corrected chi connectivity index (χ2v) is 5.66. The molecule has 0 unspecified atom stereocenters. The first-order chi connectivity index (χ1) is 12.2. The van der Waals surface area contributed by atoms with Gasteiger partial charge in [-0.15, -0.1) is 0 Å². The van der Waals surface area contributed by atoms with Crippen LogP contribution in [0.15, 0.2) is 12.2 Å². The Balaban J connectivity index is 2.27. The van der Waals surface area contributed by atoms with E-state index >= 15 is 0 Å². The summed E-state index contributed by atoms with van der Waals surface area (Å²) in [7, 11) is 0. The number of hydrogen-bond donors (Lipinski definition) is 0. The summed E-state index contributed by atoms with van der Waals surface area (Å²) in [6.07, 6.45) is 6.15. The zero-order valence-electron chi connectivity index (χ0n) is 15.4. The Morgan fingerprint density at radius 2 is 1.96 bits per heavy atom. The van der Waals surface area contributed by atoms with E-state index in [-0.39, 0.29) is 24.5 Å². The molecular formula is C18H31NO6. The molecular weight excluding hydrogens is 326 g/mol. The molecule has 1 aliphatic rings. The van der Waals surface area contributed by atoms with Gasteiger partial charge in [0, 0.05) is 19.6 Å². The van der Waals surface area contributed by atoms with E-state index in [1.807, 2.05) is 24.0 Å². The van der Waals surface area contributed by atoms with Crippen LogP contribution in [-0.2, 0) is 28.5 Å². The molecule has 1 fully saturated rings. The molecule has 0 aromatic heterocycles. The van der Waals surface area contributed by atoms with Gasteiger partial charge in [-0.05, 0) is 26.7 Å². The van der Waals surface area contributed by atoms with Gasteiger partial charge in [0.25, 0.3) is 0 Å². The molecule has 0 bridgehead atoms. The molecule has 144 valence electrons. The van der Waals surface area contributed by atoms with Crippen molar-refractivity contribution in [1.29, 1.82) is 0 Å². The van der Waals surface area contributed by atoms with Crippen molar-refractivity contribution >= 4 is 11.9 Å². The SMILES string of the molecule is CCOCCOC[C@H]1CCCC(=O)N1C/C=C\COCC(=O)OCC. The maximum Gasteiger partial charge on any atom is 0.332 e. The molecule has 0 N–H and O–H groups in total. The van der Waals surface area contributed by atoms with Crippen molar-refractivity contribution in [2.24, 2.45) is 0 Å². The highest BCUT2D eigenvalue weighted by atomic mass is 16.6. The van der Waals surface area contributed by atoms with E-state index in [1.54, 1.807) is 6.92 Å². The molecule has 7 nitrogen and oxygen atoms in total. The molecule has 0 radical (unpaired) electrons.